The molecule has 3 N–H and O–H groups in total. The highest BCUT2D eigenvalue weighted by atomic mass is 35.5. The molecule has 0 aliphatic carbocycles. The van der Waals surface area contributed by atoms with Gasteiger partial charge < -0.3 is 15.9 Å². The highest BCUT2D eigenvalue weighted by Crippen LogP contribution is 2.13. The maximum atomic E-state index is 13.0. The number of anilines is 1. The first-order valence-corrected chi connectivity index (χ1v) is 6.80. The number of nitrogens with zero attached hydrogens (tertiary/aromatic N) is 1. The molecule has 0 atom stereocenters. The first-order chi connectivity index (χ1) is 11.0. The molecule has 1 amide bonds. The van der Waals surface area contributed by atoms with Crippen LogP contribution in [-0.2, 0) is 9.63 Å². The van der Waals surface area contributed by atoms with Crippen LogP contribution in [0.3, 0.4) is 0 Å². The number of amidine groups is 1. The Morgan fingerprint density at radius 1 is 1.22 bits per heavy atom. The lowest BCUT2D eigenvalue weighted by atomic mass is 10.2. The molecule has 0 radical (unpaired) electrons. The minimum Gasteiger partial charge on any atom is -0.384 e. The molecule has 0 aromatic heterocycles. The van der Waals surface area contributed by atoms with Gasteiger partial charge in [0.2, 0.25) is 0 Å². The monoisotopic (exact) mass is 339 g/mol. The summed E-state index contributed by atoms with van der Waals surface area (Å²) in [6.45, 7) is -0.444. The molecule has 5 nitrogen and oxygen atoms in total. The molecular formula is C15H12ClF2N3O2. The summed E-state index contributed by atoms with van der Waals surface area (Å²) >= 11 is 5.81. The lowest BCUT2D eigenvalue weighted by Gasteiger charge is -2.05. The summed E-state index contributed by atoms with van der Waals surface area (Å²) in [4.78, 5) is 16.4. The molecule has 2 rings (SSSR count). The number of carbonyl (C=O) groups excluding carboxylic acids is 1. The lowest BCUT2D eigenvalue weighted by molar-refractivity contribution is -0.120. The molecular weight excluding hydrogens is 328 g/mol. The van der Waals surface area contributed by atoms with Crippen LogP contribution >= 0.6 is 11.6 Å². The molecule has 120 valence electrons. The van der Waals surface area contributed by atoms with Crippen molar-refractivity contribution in [2.45, 2.75) is 0 Å². The zero-order valence-corrected chi connectivity index (χ0v) is 12.5. The molecule has 2 aromatic carbocycles. The van der Waals surface area contributed by atoms with Crippen LogP contribution in [0.2, 0.25) is 5.02 Å². The Bertz CT molecular complexity index is 753. The number of carbonyl (C=O) groups is 1. The fraction of sp³-hybridized carbons (Fsp3) is 0.0667. The van der Waals surface area contributed by atoms with Gasteiger partial charge >= 0.3 is 0 Å². The van der Waals surface area contributed by atoms with Crippen molar-refractivity contribution in [3.8, 4) is 0 Å². The van der Waals surface area contributed by atoms with Crippen molar-refractivity contribution < 1.29 is 18.4 Å². The Morgan fingerprint density at radius 3 is 2.70 bits per heavy atom. The van der Waals surface area contributed by atoms with E-state index in [0.717, 1.165) is 12.1 Å². The summed E-state index contributed by atoms with van der Waals surface area (Å²) in [5, 5.41) is 6.40. The van der Waals surface area contributed by atoms with Crippen molar-refractivity contribution in [2.75, 3.05) is 11.9 Å². The SMILES string of the molecule is N/C(=N/OCC(=O)Nc1ccc(F)c(F)c1)c1cccc(Cl)c1. The molecule has 0 fully saturated rings. The van der Waals surface area contributed by atoms with Gasteiger partial charge in [0.15, 0.2) is 24.1 Å². The van der Waals surface area contributed by atoms with Crippen molar-refractivity contribution in [2.24, 2.45) is 10.9 Å². The molecule has 0 aliphatic rings. The second-order valence-corrected chi connectivity index (χ2v) is 4.87. The van der Waals surface area contributed by atoms with E-state index in [2.05, 4.69) is 10.5 Å². The summed E-state index contributed by atoms with van der Waals surface area (Å²) in [6.07, 6.45) is 0. The fourth-order valence-corrected chi connectivity index (χ4v) is 1.82. The number of rotatable bonds is 5. The Kier molecular flexibility index (Phi) is 5.48. The number of nitrogens with one attached hydrogen (secondary N) is 1. The molecule has 0 unspecified atom stereocenters. The van der Waals surface area contributed by atoms with E-state index in [1.54, 1.807) is 24.3 Å². The third-order valence-electron chi connectivity index (χ3n) is 2.68. The second-order valence-electron chi connectivity index (χ2n) is 4.44. The summed E-state index contributed by atoms with van der Waals surface area (Å²) in [5.74, 6) is -2.61. The highest BCUT2D eigenvalue weighted by Gasteiger charge is 2.07. The number of oxime groups is 1. The highest BCUT2D eigenvalue weighted by molar-refractivity contribution is 6.31. The minimum atomic E-state index is -1.06. The number of amides is 1. The quantitative estimate of drug-likeness (QED) is 0.499. The van der Waals surface area contributed by atoms with E-state index in [-0.39, 0.29) is 11.5 Å². The van der Waals surface area contributed by atoms with Gasteiger partial charge in [-0.1, -0.05) is 28.9 Å². The van der Waals surface area contributed by atoms with Crippen molar-refractivity contribution in [3.63, 3.8) is 0 Å². The van der Waals surface area contributed by atoms with E-state index in [9.17, 15) is 13.6 Å². The van der Waals surface area contributed by atoms with Gasteiger partial charge in [-0.25, -0.2) is 8.78 Å². The zero-order valence-electron chi connectivity index (χ0n) is 11.7. The van der Waals surface area contributed by atoms with E-state index in [1.165, 1.54) is 6.07 Å². The van der Waals surface area contributed by atoms with E-state index in [0.29, 0.717) is 10.6 Å². The standard InChI is InChI=1S/C15H12ClF2N3O2/c16-10-3-1-2-9(6-10)15(19)21-23-8-14(22)20-11-4-5-12(17)13(18)7-11/h1-7H,8H2,(H2,19,21)(H,20,22). The summed E-state index contributed by atoms with van der Waals surface area (Å²) < 4.78 is 25.8. The number of halogens is 3. The molecule has 8 heteroatoms. The van der Waals surface area contributed by atoms with Crippen LogP contribution in [0.5, 0.6) is 0 Å². The summed E-state index contributed by atoms with van der Waals surface area (Å²) in [5.41, 5.74) is 6.32. The van der Waals surface area contributed by atoms with Gasteiger partial charge in [0.1, 0.15) is 0 Å². The van der Waals surface area contributed by atoms with Crippen LogP contribution < -0.4 is 11.1 Å². The van der Waals surface area contributed by atoms with Gasteiger partial charge in [0, 0.05) is 22.3 Å². The first-order valence-electron chi connectivity index (χ1n) is 6.42. The smallest absolute Gasteiger partial charge is 0.265 e. The Balaban J connectivity index is 1.89. The molecule has 0 saturated heterocycles. The predicted octanol–water partition coefficient (Wildman–Crippen LogP) is 2.89. The Morgan fingerprint density at radius 2 is 2.00 bits per heavy atom. The van der Waals surface area contributed by atoms with Gasteiger partial charge in [-0.2, -0.15) is 0 Å². The van der Waals surface area contributed by atoms with E-state index < -0.39 is 24.1 Å². The van der Waals surface area contributed by atoms with Gasteiger partial charge in [-0.05, 0) is 24.3 Å². The molecule has 0 aliphatic heterocycles. The van der Waals surface area contributed by atoms with E-state index >= 15 is 0 Å². The van der Waals surface area contributed by atoms with Crippen molar-refractivity contribution in [3.05, 3.63) is 64.7 Å². The maximum absolute atomic E-state index is 13.0. The van der Waals surface area contributed by atoms with Crippen LogP contribution in [0.4, 0.5) is 14.5 Å². The van der Waals surface area contributed by atoms with E-state index in [1.807, 2.05) is 0 Å². The van der Waals surface area contributed by atoms with Crippen molar-refractivity contribution in [1.29, 1.82) is 0 Å². The van der Waals surface area contributed by atoms with E-state index in [4.69, 9.17) is 22.2 Å². The van der Waals surface area contributed by atoms with Crippen LogP contribution in [0.15, 0.2) is 47.6 Å². The number of nitrogens with two attached hydrogens (primary N) is 1. The minimum absolute atomic E-state index is 0.0492. The molecule has 0 spiro atoms. The fourth-order valence-electron chi connectivity index (χ4n) is 1.63. The van der Waals surface area contributed by atoms with Crippen molar-refractivity contribution in [1.82, 2.24) is 0 Å². The van der Waals surface area contributed by atoms with Crippen LogP contribution in [0.1, 0.15) is 5.56 Å². The topological polar surface area (TPSA) is 76.7 Å². The molecule has 0 heterocycles. The average Bonchev–Trinajstić information content (AvgIpc) is 2.51. The molecule has 23 heavy (non-hydrogen) atoms. The second kappa shape index (κ2) is 7.55. The first kappa shape index (κ1) is 16.7. The van der Waals surface area contributed by atoms with Gasteiger partial charge in [0.05, 0.1) is 0 Å². The third kappa shape index (κ3) is 4.93. The predicted molar refractivity (Wildman–Crippen MR) is 83.1 cm³/mol. The molecule has 0 bridgehead atoms. The van der Waals surface area contributed by atoms with Gasteiger partial charge in [-0.15, -0.1) is 0 Å². The van der Waals surface area contributed by atoms with Crippen LogP contribution in [0, 0.1) is 11.6 Å². The lowest BCUT2D eigenvalue weighted by Crippen LogP contribution is -2.19. The normalized spacial score (nSPS) is 11.2. The van der Waals surface area contributed by atoms with Gasteiger partial charge in [-0.3, -0.25) is 4.79 Å². The number of benzene rings is 2. The number of hydrogen-bond donors (Lipinski definition) is 2. The van der Waals surface area contributed by atoms with Crippen molar-refractivity contribution >= 4 is 29.0 Å². The van der Waals surface area contributed by atoms with Gasteiger partial charge in [0.25, 0.3) is 5.91 Å². The maximum Gasteiger partial charge on any atom is 0.265 e. The molecule has 2 aromatic rings. The van der Waals surface area contributed by atoms with Crippen LogP contribution in [-0.4, -0.2) is 18.3 Å². The average molecular weight is 340 g/mol. The summed E-state index contributed by atoms with van der Waals surface area (Å²) in [6, 6.07) is 9.61. The Labute approximate surface area is 135 Å². The molecule has 0 saturated carbocycles. The Hall–Kier alpha value is -2.67. The van der Waals surface area contributed by atoms with Crippen LogP contribution in [0.25, 0.3) is 0 Å². The zero-order chi connectivity index (χ0) is 16.8. The largest absolute Gasteiger partial charge is 0.384 e. The third-order valence-corrected chi connectivity index (χ3v) is 2.92. The summed E-state index contributed by atoms with van der Waals surface area (Å²) in [7, 11) is 0. The number of hydrogen-bond acceptors (Lipinski definition) is 3.